The first-order valence-corrected chi connectivity index (χ1v) is 6.24. The Labute approximate surface area is 115 Å². The maximum Gasteiger partial charge on any atom is 0.348 e. The van der Waals surface area contributed by atoms with Crippen molar-refractivity contribution in [1.29, 1.82) is 0 Å². The first-order chi connectivity index (χ1) is 9.72. The number of benzene rings is 1. The fourth-order valence-corrected chi connectivity index (χ4v) is 1.67. The molecule has 0 atom stereocenters. The number of aromatic amines is 1. The van der Waals surface area contributed by atoms with Crippen molar-refractivity contribution in [3.05, 3.63) is 46.6 Å². The first-order valence-electron chi connectivity index (χ1n) is 6.24. The number of hydrogen-bond acceptors (Lipinski definition) is 4. The molecule has 0 spiro atoms. The van der Waals surface area contributed by atoms with Crippen molar-refractivity contribution in [3.63, 3.8) is 0 Å². The van der Waals surface area contributed by atoms with Crippen LogP contribution in [0.3, 0.4) is 0 Å². The quantitative estimate of drug-likeness (QED) is 0.744. The van der Waals surface area contributed by atoms with Crippen molar-refractivity contribution < 1.29 is 9.53 Å². The van der Waals surface area contributed by atoms with Crippen LogP contribution in [-0.4, -0.2) is 40.9 Å². The van der Waals surface area contributed by atoms with Gasteiger partial charge in [0.15, 0.2) is 0 Å². The van der Waals surface area contributed by atoms with E-state index < -0.39 is 11.6 Å². The van der Waals surface area contributed by atoms with Gasteiger partial charge in [0.05, 0.1) is 5.69 Å². The van der Waals surface area contributed by atoms with E-state index >= 15 is 0 Å². The average molecular weight is 276 g/mol. The zero-order chi connectivity index (χ0) is 14.4. The third kappa shape index (κ3) is 3.33. The van der Waals surface area contributed by atoms with Gasteiger partial charge in [-0.15, -0.1) is 5.10 Å². The number of methoxy groups -OCH3 is 1. The zero-order valence-electron chi connectivity index (χ0n) is 11.1. The summed E-state index contributed by atoms with van der Waals surface area (Å²) in [4.78, 5) is 26.0. The molecular weight excluding hydrogens is 260 g/mol. The Bertz CT molecular complexity index is 618. The third-order valence-corrected chi connectivity index (χ3v) is 2.64. The van der Waals surface area contributed by atoms with Gasteiger partial charge in [-0.3, -0.25) is 9.78 Å². The lowest BCUT2D eigenvalue weighted by Gasteiger charge is -2.01. The van der Waals surface area contributed by atoms with Crippen LogP contribution in [0.2, 0.25) is 0 Å². The highest BCUT2D eigenvalue weighted by molar-refractivity contribution is 5.90. The van der Waals surface area contributed by atoms with E-state index in [0.717, 1.165) is 4.68 Å². The predicted octanol–water partition coefficient (Wildman–Crippen LogP) is 0.327. The van der Waals surface area contributed by atoms with Crippen LogP contribution in [0.1, 0.15) is 17.0 Å². The van der Waals surface area contributed by atoms with E-state index in [4.69, 9.17) is 4.74 Å². The van der Waals surface area contributed by atoms with Gasteiger partial charge >= 0.3 is 5.69 Å². The summed E-state index contributed by atoms with van der Waals surface area (Å²) in [6.45, 7) is 1.03. The van der Waals surface area contributed by atoms with E-state index in [0.29, 0.717) is 25.3 Å². The second kappa shape index (κ2) is 6.67. The van der Waals surface area contributed by atoms with E-state index in [9.17, 15) is 9.59 Å². The molecule has 2 N–H and O–H groups in total. The Balaban J connectivity index is 2.08. The standard InChI is InChI=1S/C13H16N4O3/c1-20-9-5-8-14-12(18)11-15-13(19)17(16-11)10-6-3-2-4-7-10/h2-4,6-7H,5,8-9H2,1H3,(H,14,18)(H,15,16,19). The maximum absolute atomic E-state index is 11.8. The van der Waals surface area contributed by atoms with E-state index in [1.54, 1.807) is 31.4 Å². The lowest BCUT2D eigenvalue weighted by atomic mass is 10.3. The minimum atomic E-state index is -0.446. The monoisotopic (exact) mass is 276 g/mol. The molecule has 7 heteroatoms. The molecule has 1 amide bonds. The molecule has 1 heterocycles. The number of para-hydroxylation sites is 1. The number of hydrogen-bond donors (Lipinski definition) is 2. The summed E-state index contributed by atoms with van der Waals surface area (Å²) in [6, 6.07) is 8.90. The van der Waals surface area contributed by atoms with Crippen LogP contribution in [0.15, 0.2) is 35.1 Å². The van der Waals surface area contributed by atoms with Crippen LogP contribution in [0.5, 0.6) is 0 Å². The predicted molar refractivity (Wildman–Crippen MR) is 73.0 cm³/mol. The molecule has 0 saturated carbocycles. The van der Waals surface area contributed by atoms with Crippen LogP contribution in [0.4, 0.5) is 0 Å². The first kappa shape index (κ1) is 14.0. The van der Waals surface area contributed by atoms with Crippen molar-refractivity contribution >= 4 is 5.91 Å². The number of ether oxygens (including phenoxy) is 1. The van der Waals surface area contributed by atoms with Crippen LogP contribution < -0.4 is 11.0 Å². The lowest BCUT2D eigenvalue weighted by Crippen LogP contribution is -2.26. The van der Waals surface area contributed by atoms with Crippen molar-refractivity contribution in [2.24, 2.45) is 0 Å². The number of H-pyrrole nitrogens is 1. The Hall–Kier alpha value is -2.41. The van der Waals surface area contributed by atoms with E-state index in [2.05, 4.69) is 15.4 Å². The molecule has 1 aromatic heterocycles. The summed E-state index contributed by atoms with van der Waals surface area (Å²) < 4.78 is 6.04. The highest BCUT2D eigenvalue weighted by Gasteiger charge is 2.13. The van der Waals surface area contributed by atoms with Crippen LogP contribution >= 0.6 is 0 Å². The van der Waals surface area contributed by atoms with Crippen LogP contribution in [0, 0.1) is 0 Å². The molecule has 0 fully saturated rings. The molecule has 20 heavy (non-hydrogen) atoms. The number of nitrogens with one attached hydrogen (secondary N) is 2. The SMILES string of the molecule is COCCCNC(=O)c1nn(-c2ccccc2)c(=O)[nH]1. The molecule has 0 saturated heterocycles. The van der Waals surface area contributed by atoms with Gasteiger partial charge in [-0.1, -0.05) is 18.2 Å². The molecule has 106 valence electrons. The molecule has 1 aromatic carbocycles. The van der Waals surface area contributed by atoms with Gasteiger partial charge in [0.25, 0.3) is 5.91 Å². The van der Waals surface area contributed by atoms with Crippen molar-refractivity contribution in [2.45, 2.75) is 6.42 Å². The number of nitrogens with zero attached hydrogens (tertiary/aromatic N) is 2. The van der Waals surface area contributed by atoms with Gasteiger partial charge in [0.1, 0.15) is 0 Å². The van der Waals surface area contributed by atoms with E-state index in [-0.39, 0.29) is 5.82 Å². The minimum absolute atomic E-state index is 0.00345. The Kier molecular flexibility index (Phi) is 4.67. The summed E-state index contributed by atoms with van der Waals surface area (Å²) in [5.41, 5.74) is 0.158. The zero-order valence-corrected chi connectivity index (χ0v) is 11.1. The average Bonchev–Trinajstić information content (AvgIpc) is 2.86. The van der Waals surface area contributed by atoms with Crippen molar-refractivity contribution in [2.75, 3.05) is 20.3 Å². The summed E-state index contributed by atoms with van der Waals surface area (Å²) in [7, 11) is 1.60. The smallest absolute Gasteiger partial charge is 0.348 e. The molecule has 0 bridgehead atoms. The topological polar surface area (TPSA) is 89.0 Å². The van der Waals surface area contributed by atoms with Crippen LogP contribution in [-0.2, 0) is 4.74 Å². The summed E-state index contributed by atoms with van der Waals surface area (Å²) in [5, 5.41) is 6.65. The molecule has 2 aromatic rings. The molecule has 0 aliphatic rings. The normalized spacial score (nSPS) is 10.4. The van der Waals surface area contributed by atoms with Crippen LogP contribution in [0.25, 0.3) is 5.69 Å². The highest BCUT2D eigenvalue weighted by atomic mass is 16.5. The van der Waals surface area contributed by atoms with Gasteiger partial charge in [-0.05, 0) is 18.6 Å². The second-order valence-corrected chi connectivity index (χ2v) is 4.13. The number of carbonyl (C=O) groups excluding carboxylic acids is 1. The van der Waals surface area contributed by atoms with Gasteiger partial charge in [0.2, 0.25) is 5.82 Å². The number of rotatable bonds is 6. The summed E-state index contributed by atoms with van der Waals surface area (Å²) in [6.07, 6.45) is 0.700. The largest absolute Gasteiger partial charge is 0.385 e. The maximum atomic E-state index is 11.8. The molecule has 0 aliphatic carbocycles. The molecule has 7 nitrogen and oxygen atoms in total. The van der Waals surface area contributed by atoms with Gasteiger partial charge in [-0.2, -0.15) is 4.68 Å². The van der Waals surface area contributed by atoms with Gasteiger partial charge < -0.3 is 10.1 Å². The van der Waals surface area contributed by atoms with E-state index in [1.165, 1.54) is 0 Å². The Morgan fingerprint density at radius 2 is 2.15 bits per heavy atom. The second-order valence-electron chi connectivity index (χ2n) is 4.13. The molecular formula is C13H16N4O3. The Morgan fingerprint density at radius 1 is 1.40 bits per heavy atom. The minimum Gasteiger partial charge on any atom is -0.385 e. The number of aromatic nitrogens is 3. The van der Waals surface area contributed by atoms with Gasteiger partial charge in [0, 0.05) is 20.3 Å². The highest BCUT2D eigenvalue weighted by Crippen LogP contribution is 2.01. The summed E-state index contributed by atoms with van der Waals surface area (Å²) >= 11 is 0. The fraction of sp³-hybridized carbons (Fsp3) is 0.308. The Morgan fingerprint density at radius 3 is 2.85 bits per heavy atom. The van der Waals surface area contributed by atoms with Gasteiger partial charge in [-0.25, -0.2) is 4.79 Å². The molecule has 0 unspecified atom stereocenters. The number of amides is 1. The molecule has 2 rings (SSSR count). The summed E-state index contributed by atoms with van der Waals surface area (Å²) in [5.74, 6) is -0.413. The number of carbonyl (C=O) groups is 1. The third-order valence-electron chi connectivity index (χ3n) is 2.64. The van der Waals surface area contributed by atoms with Crippen molar-refractivity contribution in [1.82, 2.24) is 20.1 Å². The fourth-order valence-electron chi connectivity index (χ4n) is 1.67. The molecule has 0 aliphatic heterocycles. The molecule has 0 radical (unpaired) electrons. The van der Waals surface area contributed by atoms with E-state index in [1.807, 2.05) is 6.07 Å². The lowest BCUT2D eigenvalue weighted by molar-refractivity contribution is 0.0938. The van der Waals surface area contributed by atoms with Crippen molar-refractivity contribution in [3.8, 4) is 5.69 Å².